The van der Waals surface area contributed by atoms with Crippen LogP contribution in [0.3, 0.4) is 0 Å². The molecular weight excluding hydrogens is 753 g/mol. The number of phosphoric acid groups is 1. The molecule has 0 bridgehead atoms. The number of rotatable bonds is 37. The smallest absolute Gasteiger partial charge is 0.462 e. The van der Waals surface area contributed by atoms with Crippen LogP contribution in [0.1, 0.15) is 123 Å². The van der Waals surface area contributed by atoms with E-state index in [1.807, 2.05) is 49.5 Å². The normalized spacial score (nSPS) is 15.1. The van der Waals surface area contributed by atoms with E-state index in [4.69, 9.17) is 24.3 Å². The molecule has 0 radical (unpaired) electrons. The van der Waals surface area contributed by atoms with Crippen LogP contribution >= 0.6 is 7.82 Å². The van der Waals surface area contributed by atoms with Gasteiger partial charge in [-0.15, -0.1) is 0 Å². The van der Waals surface area contributed by atoms with Crippen molar-refractivity contribution in [1.29, 1.82) is 0 Å². The van der Waals surface area contributed by atoms with E-state index in [-0.39, 0.29) is 38.7 Å². The Hall–Kier alpha value is -3.63. The Kier molecular flexibility index (Phi) is 38.9. The van der Waals surface area contributed by atoms with E-state index < -0.39 is 32.5 Å². The molecule has 0 aliphatic heterocycles. The van der Waals surface area contributed by atoms with Gasteiger partial charge in [0.2, 0.25) is 0 Å². The lowest BCUT2D eigenvalue weighted by Crippen LogP contribution is -2.29. The molecule has 1 unspecified atom stereocenters. The van der Waals surface area contributed by atoms with E-state index in [0.717, 1.165) is 44.9 Å². The first-order valence-electron chi connectivity index (χ1n) is 21.1. The molecule has 0 saturated carbocycles. The maximum absolute atomic E-state index is 12.5. The van der Waals surface area contributed by atoms with Crippen LogP contribution in [-0.4, -0.2) is 60.5 Å². The van der Waals surface area contributed by atoms with Crippen LogP contribution in [-0.2, 0) is 32.7 Å². The standard InChI is InChI=1S/C47H74NO9P/c1-3-5-6-7-8-9-10-11-12-13-14-15-16-20-23-26-29-32-35-38-46(50)54-42-45(43-56-58(52,53)55-41-40-48)57-47(51)39-36-33-30-27-24-21-18-17-19-22-25-28-31-34-37-44(49)4-2/h8-9,11-12,14-15,18-23,27-32,34,37,44-45,49H,3-7,10,13,16-17,24-26,33,35-36,38-43,48H2,1-2H3,(H,52,53)/b9-8-,12-11-,15-14-,21-18-,22-19-,23-20-,30-27-,31-28-,32-29-,37-34+/t44-,45-/m1/s1. The lowest BCUT2D eigenvalue weighted by atomic mass is 10.2. The van der Waals surface area contributed by atoms with Crippen LogP contribution in [0.25, 0.3) is 0 Å². The molecule has 0 fully saturated rings. The summed E-state index contributed by atoms with van der Waals surface area (Å²) in [5.74, 6) is -1.03. The molecule has 0 amide bonds. The van der Waals surface area contributed by atoms with Crippen LogP contribution in [0.15, 0.2) is 122 Å². The van der Waals surface area contributed by atoms with Crippen LogP contribution in [0, 0.1) is 0 Å². The number of hydrogen-bond donors (Lipinski definition) is 3. The number of esters is 2. The number of unbranched alkanes of at least 4 members (excludes halogenated alkanes) is 4. The van der Waals surface area contributed by atoms with Gasteiger partial charge in [0.15, 0.2) is 6.10 Å². The molecule has 10 nitrogen and oxygen atoms in total. The maximum atomic E-state index is 12.5. The van der Waals surface area contributed by atoms with Gasteiger partial charge in [0.1, 0.15) is 6.61 Å². The zero-order valence-corrected chi connectivity index (χ0v) is 36.2. The Morgan fingerprint density at radius 1 is 0.603 bits per heavy atom. The first-order chi connectivity index (χ1) is 28.2. The average Bonchev–Trinajstić information content (AvgIpc) is 3.21. The summed E-state index contributed by atoms with van der Waals surface area (Å²) < 4.78 is 32.6. The molecule has 0 heterocycles. The van der Waals surface area contributed by atoms with Gasteiger partial charge in [-0.25, -0.2) is 4.57 Å². The van der Waals surface area contributed by atoms with Crippen LogP contribution in [0.4, 0.5) is 0 Å². The van der Waals surface area contributed by atoms with Crippen molar-refractivity contribution in [2.24, 2.45) is 5.73 Å². The number of hydrogen-bond acceptors (Lipinski definition) is 9. The number of aliphatic hydroxyl groups is 1. The Balaban J connectivity index is 4.44. The first-order valence-corrected chi connectivity index (χ1v) is 22.6. The average molecular weight is 828 g/mol. The van der Waals surface area contributed by atoms with Crippen molar-refractivity contribution in [2.75, 3.05) is 26.4 Å². The number of phosphoric ester groups is 1. The molecule has 0 aliphatic carbocycles. The van der Waals surface area contributed by atoms with Crippen LogP contribution < -0.4 is 5.73 Å². The summed E-state index contributed by atoms with van der Waals surface area (Å²) in [6.07, 6.45) is 53.4. The second-order valence-corrected chi connectivity index (χ2v) is 14.8. The zero-order valence-electron chi connectivity index (χ0n) is 35.3. The summed E-state index contributed by atoms with van der Waals surface area (Å²) in [6.45, 7) is 3.17. The molecule has 0 aromatic carbocycles. The summed E-state index contributed by atoms with van der Waals surface area (Å²) in [4.78, 5) is 34.8. The van der Waals surface area contributed by atoms with Gasteiger partial charge in [0, 0.05) is 19.4 Å². The highest BCUT2D eigenvalue weighted by molar-refractivity contribution is 7.47. The highest BCUT2D eigenvalue weighted by atomic mass is 31.2. The molecule has 326 valence electrons. The summed E-state index contributed by atoms with van der Waals surface area (Å²) in [5, 5.41) is 9.47. The molecule has 0 spiro atoms. The summed E-state index contributed by atoms with van der Waals surface area (Å²) in [7, 11) is -4.43. The number of carbonyl (C=O) groups is 2. The maximum Gasteiger partial charge on any atom is 0.472 e. The van der Waals surface area contributed by atoms with Crippen molar-refractivity contribution in [3.63, 3.8) is 0 Å². The largest absolute Gasteiger partial charge is 0.472 e. The third-order valence-electron chi connectivity index (χ3n) is 8.00. The number of allylic oxidation sites excluding steroid dienone is 19. The molecule has 11 heteroatoms. The van der Waals surface area contributed by atoms with E-state index in [1.165, 1.54) is 25.7 Å². The zero-order chi connectivity index (χ0) is 42.6. The summed E-state index contributed by atoms with van der Waals surface area (Å²) in [5.41, 5.74) is 5.33. The van der Waals surface area contributed by atoms with Crippen molar-refractivity contribution in [3.8, 4) is 0 Å². The van der Waals surface area contributed by atoms with Crippen molar-refractivity contribution < 1.29 is 42.7 Å². The monoisotopic (exact) mass is 828 g/mol. The fourth-order valence-electron chi connectivity index (χ4n) is 4.72. The number of ether oxygens (including phenoxy) is 2. The van der Waals surface area contributed by atoms with Gasteiger partial charge in [-0.2, -0.15) is 0 Å². The minimum Gasteiger partial charge on any atom is -0.462 e. The van der Waals surface area contributed by atoms with E-state index in [9.17, 15) is 24.2 Å². The lowest BCUT2D eigenvalue weighted by molar-refractivity contribution is -0.161. The third kappa shape index (κ3) is 40.6. The van der Waals surface area contributed by atoms with Crippen LogP contribution in [0.5, 0.6) is 0 Å². The minimum absolute atomic E-state index is 0.0216. The second-order valence-electron chi connectivity index (χ2n) is 13.3. The minimum atomic E-state index is -4.43. The van der Waals surface area contributed by atoms with Crippen molar-refractivity contribution in [3.05, 3.63) is 122 Å². The molecule has 0 aromatic rings. The van der Waals surface area contributed by atoms with Gasteiger partial charge in [0.25, 0.3) is 0 Å². The molecular formula is C47H74NO9P. The highest BCUT2D eigenvalue weighted by Crippen LogP contribution is 2.43. The molecule has 58 heavy (non-hydrogen) atoms. The van der Waals surface area contributed by atoms with Crippen molar-refractivity contribution >= 4 is 19.8 Å². The van der Waals surface area contributed by atoms with E-state index in [2.05, 4.69) is 79.8 Å². The van der Waals surface area contributed by atoms with Gasteiger partial charge >= 0.3 is 19.8 Å². The Labute approximate surface area is 350 Å². The van der Waals surface area contributed by atoms with Gasteiger partial charge in [-0.05, 0) is 83.5 Å². The molecule has 0 aliphatic rings. The topological polar surface area (TPSA) is 155 Å². The number of aliphatic hydroxyl groups excluding tert-OH is 1. The third-order valence-corrected chi connectivity index (χ3v) is 8.99. The van der Waals surface area contributed by atoms with E-state index >= 15 is 0 Å². The Bertz CT molecular complexity index is 1370. The van der Waals surface area contributed by atoms with Crippen molar-refractivity contribution in [2.45, 2.75) is 135 Å². The highest BCUT2D eigenvalue weighted by Gasteiger charge is 2.25. The number of carbonyl (C=O) groups excluding carboxylic acids is 2. The van der Waals surface area contributed by atoms with Crippen LogP contribution in [0.2, 0.25) is 0 Å². The molecule has 0 aromatic heterocycles. The predicted octanol–water partition coefficient (Wildman–Crippen LogP) is 11.1. The predicted molar refractivity (Wildman–Crippen MR) is 239 cm³/mol. The summed E-state index contributed by atoms with van der Waals surface area (Å²) >= 11 is 0. The number of nitrogens with two attached hydrogens (primary N) is 1. The van der Waals surface area contributed by atoms with Crippen molar-refractivity contribution in [1.82, 2.24) is 0 Å². The van der Waals surface area contributed by atoms with Gasteiger partial charge in [-0.1, -0.05) is 148 Å². The Morgan fingerprint density at radius 3 is 1.62 bits per heavy atom. The SMILES string of the molecule is CCCCC/C=C\C/C=C\C/C=C\C/C=C\C/C=C\CCC(=O)OC[C@H](COP(=O)(O)OCCN)OC(=O)CCC/C=C\C/C=C\C/C=C\C/C=C\C=C\[C@H](O)CC. The van der Waals surface area contributed by atoms with E-state index in [1.54, 1.807) is 6.08 Å². The molecule has 0 saturated heterocycles. The molecule has 4 N–H and O–H groups in total. The van der Waals surface area contributed by atoms with Gasteiger partial charge < -0.3 is 25.2 Å². The summed E-state index contributed by atoms with van der Waals surface area (Å²) in [6, 6.07) is 0. The van der Waals surface area contributed by atoms with Gasteiger partial charge in [-0.3, -0.25) is 18.6 Å². The Morgan fingerprint density at radius 2 is 1.10 bits per heavy atom. The molecule has 0 rings (SSSR count). The van der Waals surface area contributed by atoms with E-state index in [0.29, 0.717) is 25.7 Å². The molecule has 3 atom stereocenters. The second kappa shape index (κ2) is 41.5. The fraction of sp³-hybridized carbons (Fsp3) is 0.532. The van der Waals surface area contributed by atoms with Gasteiger partial charge in [0.05, 0.1) is 19.3 Å². The lowest BCUT2D eigenvalue weighted by Gasteiger charge is -2.19. The quantitative estimate of drug-likeness (QED) is 0.0181. The first kappa shape index (κ1) is 54.4. The fourth-order valence-corrected chi connectivity index (χ4v) is 5.48.